The van der Waals surface area contributed by atoms with Crippen LogP contribution in [0.4, 0.5) is 14.9 Å². The second kappa shape index (κ2) is 13.4. The summed E-state index contributed by atoms with van der Waals surface area (Å²) in [5.74, 6) is -1.33. The van der Waals surface area contributed by atoms with E-state index in [0.717, 1.165) is 11.8 Å². The van der Waals surface area contributed by atoms with Crippen LogP contribution in [-0.4, -0.2) is 64.6 Å². The van der Waals surface area contributed by atoms with Crippen molar-refractivity contribution in [1.29, 1.82) is 0 Å². The molecule has 0 radical (unpaired) electrons. The molecule has 0 aliphatic rings. The Labute approximate surface area is 230 Å². The van der Waals surface area contributed by atoms with Gasteiger partial charge in [0.15, 0.2) is 5.82 Å². The van der Waals surface area contributed by atoms with Crippen molar-refractivity contribution in [3.05, 3.63) is 75.9 Å². The minimum atomic E-state index is -1.03. The van der Waals surface area contributed by atoms with Gasteiger partial charge in [-0.05, 0) is 57.0 Å². The van der Waals surface area contributed by atoms with Crippen molar-refractivity contribution in [1.82, 2.24) is 24.8 Å². The number of carbonyl (C=O) groups excluding carboxylic acids is 3. The van der Waals surface area contributed by atoms with Crippen molar-refractivity contribution in [2.75, 3.05) is 26.5 Å². The Morgan fingerprint density at radius 1 is 1.27 bits per heavy atom. The highest BCUT2D eigenvalue weighted by Gasteiger charge is 2.22. The van der Waals surface area contributed by atoms with Gasteiger partial charge in [0, 0.05) is 31.4 Å². The number of fused-ring (bicyclic) bond motifs is 1. The standard InChI is InChI=1S/C28H33FN6O5/c1-17(2)13-23-25-19(20(29)15-30-23)14-18(31-25)16-35-12-8-10-22(27(35)38)32-26(37)21(33-28(39)40-5)9-6-7-11-24(36)34(3)4/h7-8,10-15,21,31H,6,9,16H2,1-5H3,(H,32,37)(H,33,39). The molecule has 3 aromatic rings. The van der Waals surface area contributed by atoms with Crippen molar-refractivity contribution in [3.8, 4) is 0 Å². The fourth-order valence-electron chi connectivity index (χ4n) is 3.86. The van der Waals surface area contributed by atoms with E-state index in [4.69, 9.17) is 0 Å². The summed E-state index contributed by atoms with van der Waals surface area (Å²) in [6.07, 6.45) is 7.16. The Kier molecular flexibility index (Phi) is 9.96. The molecular formula is C28H33FN6O5. The Hall–Kier alpha value is -4.74. The minimum absolute atomic E-state index is 0.00307. The number of alkyl carbamates (subject to hydrolysis) is 1. The molecule has 11 nitrogen and oxygen atoms in total. The normalized spacial score (nSPS) is 11.8. The maximum Gasteiger partial charge on any atom is 0.407 e. The third kappa shape index (κ3) is 7.65. The van der Waals surface area contributed by atoms with Gasteiger partial charge >= 0.3 is 6.09 Å². The minimum Gasteiger partial charge on any atom is -0.453 e. The highest BCUT2D eigenvalue weighted by Crippen LogP contribution is 2.23. The summed E-state index contributed by atoms with van der Waals surface area (Å²) in [4.78, 5) is 58.4. The molecule has 0 spiro atoms. The number of anilines is 1. The Morgan fingerprint density at radius 3 is 2.70 bits per heavy atom. The van der Waals surface area contributed by atoms with Crippen molar-refractivity contribution in [2.45, 2.75) is 39.3 Å². The Morgan fingerprint density at radius 2 is 2.02 bits per heavy atom. The predicted molar refractivity (Wildman–Crippen MR) is 150 cm³/mol. The van der Waals surface area contributed by atoms with Crippen LogP contribution in [0.25, 0.3) is 17.0 Å². The maximum atomic E-state index is 14.4. The average Bonchev–Trinajstić information content (AvgIpc) is 3.34. The van der Waals surface area contributed by atoms with Gasteiger partial charge in [0.1, 0.15) is 11.7 Å². The van der Waals surface area contributed by atoms with Crippen LogP contribution in [0.3, 0.4) is 0 Å². The first-order chi connectivity index (χ1) is 19.0. The van der Waals surface area contributed by atoms with Gasteiger partial charge in [-0.15, -0.1) is 0 Å². The number of aromatic amines is 1. The van der Waals surface area contributed by atoms with Crippen molar-refractivity contribution >= 4 is 40.6 Å². The van der Waals surface area contributed by atoms with E-state index >= 15 is 0 Å². The quantitative estimate of drug-likeness (QED) is 0.330. The van der Waals surface area contributed by atoms with E-state index in [1.165, 1.54) is 28.7 Å². The lowest BCUT2D eigenvalue weighted by atomic mass is 10.1. The molecule has 3 amide bonds. The highest BCUT2D eigenvalue weighted by atomic mass is 19.1. The third-order valence-corrected chi connectivity index (χ3v) is 5.87. The van der Waals surface area contributed by atoms with E-state index in [1.54, 1.807) is 38.5 Å². The van der Waals surface area contributed by atoms with E-state index in [2.05, 4.69) is 25.3 Å². The van der Waals surface area contributed by atoms with Crippen LogP contribution in [0, 0.1) is 5.82 Å². The molecule has 0 saturated carbocycles. The molecule has 0 fully saturated rings. The lowest BCUT2D eigenvalue weighted by Gasteiger charge is -2.17. The van der Waals surface area contributed by atoms with Gasteiger partial charge in [-0.2, -0.15) is 0 Å². The molecule has 0 aromatic carbocycles. The molecule has 3 rings (SSSR count). The number of amides is 3. The summed E-state index contributed by atoms with van der Waals surface area (Å²) < 4.78 is 20.4. The molecule has 0 aliphatic heterocycles. The van der Waals surface area contributed by atoms with E-state index in [1.807, 2.05) is 19.9 Å². The van der Waals surface area contributed by atoms with Crippen LogP contribution in [0.1, 0.15) is 38.1 Å². The van der Waals surface area contributed by atoms with Gasteiger partial charge in [-0.25, -0.2) is 9.18 Å². The number of hydrogen-bond acceptors (Lipinski definition) is 6. The first-order valence-electron chi connectivity index (χ1n) is 12.5. The summed E-state index contributed by atoms with van der Waals surface area (Å²) in [5.41, 5.74) is 2.17. The number of H-pyrrole nitrogens is 1. The van der Waals surface area contributed by atoms with Crippen LogP contribution < -0.4 is 16.2 Å². The zero-order valence-electron chi connectivity index (χ0n) is 23.1. The fraction of sp³-hybridized carbons (Fsp3) is 0.321. The molecule has 0 aliphatic carbocycles. The monoisotopic (exact) mass is 552 g/mol. The van der Waals surface area contributed by atoms with Gasteiger partial charge < -0.3 is 29.8 Å². The summed E-state index contributed by atoms with van der Waals surface area (Å²) >= 11 is 0. The summed E-state index contributed by atoms with van der Waals surface area (Å²) in [5, 5.41) is 5.37. The van der Waals surface area contributed by atoms with Crippen LogP contribution in [0.15, 0.2) is 53.1 Å². The number of pyridine rings is 2. The van der Waals surface area contributed by atoms with E-state index in [0.29, 0.717) is 28.7 Å². The summed E-state index contributed by atoms with van der Waals surface area (Å²) in [7, 11) is 4.40. The molecule has 3 N–H and O–H groups in total. The number of methoxy groups -OCH3 is 1. The molecule has 12 heteroatoms. The van der Waals surface area contributed by atoms with E-state index in [-0.39, 0.29) is 24.6 Å². The van der Waals surface area contributed by atoms with E-state index in [9.17, 15) is 23.6 Å². The van der Waals surface area contributed by atoms with Crippen LogP contribution in [-0.2, 0) is 20.9 Å². The van der Waals surface area contributed by atoms with Crippen molar-refractivity contribution in [2.24, 2.45) is 0 Å². The number of halogens is 1. The van der Waals surface area contributed by atoms with Crippen LogP contribution in [0.5, 0.6) is 0 Å². The second-order valence-electron chi connectivity index (χ2n) is 9.54. The van der Waals surface area contributed by atoms with Crippen LogP contribution >= 0.6 is 0 Å². The summed E-state index contributed by atoms with van der Waals surface area (Å²) in [6.45, 7) is 3.90. The first-order valence-corrected chi connectivity index (χ1v) is 12.5. The SMILES string of the molecule is COC(=O)NC(CCC=CC(=O)N(C)C)C(=O)Nc1cccn(Cc2cc3c(F)cnc(C=C(C)C)c3[nH]2)c1=O. The topological polar surface area (TPSA) is 138 Å². The predicted octanol–water partition coefficient (Wildman–Crippen LogP) is 3.42. The van der Waals surface area contributed by atoms with Crippen molar-refractivity contribution < 1.29 is 23.5 Å². The average molecular weight is 553 g/mol. The van der Waals surface area contributed by atoms with Gasteiger partial charge in [0.2, 0.25) is 11.8 Å². The zero-order chi connectivity index (χ0) is 29.4. The fourth-order valence-corrected chi connectivity index (χ4v) is 3.86. The number of nitrogens with zero attached hydrogens (tertiary/aromatic N) is 3. The number of likely N-dealkylation sites (N-methyl/N-ethyl adjacent to an activating group) is 1. The Bertz CT molecular complexity index is 1520. The van der Waals surface area contributed by atoms with Crippen LogP contribution in [0.2, 0.25) is 0 Å². The lowest BCUT2D eigenvalue weighted by molar-refractivity contribution is -0.123. The van der Waals surface area contributed by atoms with Gasteiger partial charge in [0.25, 0.3) is 5.56 Å². The molecule has 1 atom stereocenters. The van der Waals surface area contributed by atoms with Gasteiger partial charge in [-0.3, -0.25) is 19.4 Å². The largest absolute Gasteiger partial charge is 0.453 e. The van der Waals surface area contributed by atoms with E-state index < -0.39 is 29.4 Å². The number of rotatable bonds is 10. The molecule has 1 unspecified atom stereocenters. The maximum absolute atomic E-state index is 14.4. The lowest BCUT2D eigenvalue weighted by Crippen LogP contribution is -2.44. The van der Waals surface area contributed by atoms with Gasteiger partial charge in [-0.1, -0.05) is 11.6 Å². The number of hydrogen-bond donors (Lipinski definition) is 3. The highest BCUT2D eigenvalue weighted by molar-refractivity contribution is 5.96. The molecule has 3 heterocycles. The summed E-state index contributed by atoms with van der Waals surface area (Å²) in [6, 6.07) is 3.63. The smallest absolute Gasteiger partial charge is 0.407 e. The Balaban J connectivity index is 1.80. The van der Waals surface area contributed by atoms with Gasteiger partial charge in [0.05, 0.1) is 31.1 Å². The molecular weight excluding hydrogens is 519 g/mol. The number of ether oxygens (including phenoxy) is 1. The number of allylic oxidation sites excluding steroid dienone is 2. The number of carbonyl (C=O) groups is 3. The number of aromatic nitrogens is 3. The number of nitrogens with one attached hydrogen (secondary N) is 3. The molecule has 3 aromatic heterocycles. The third-order valence-electron chi connectivity index (χ3n) is 5.87. The zero-order valence-corrected chi connectivity index (χ0v) is 23.1. The first kappa shape index (κ1) is 29.8. The molecule has 212 valence electrons. The molecule has 0 bridgehead atoms. The van der Waals surface area contributed by atoms with Crippen molar-refractivity contribution in [3.63, 3.8) is 0 Å². The second-order valence-corrected chi connectivity index (χ2v) is 9.54. The molecule has 40 heavy (non-hydrogen) atoms. The molecule has 0 saturated heterocycles.